The molecule has 0 bridgehead atoms. The summed E-state index contributed by atoms with van der Waals surface area (Å²) in [6, 6.07) is 23.7. The van der Waals surface area contributed by atoms with E-state index in [2.05, 4.69) is 10.2 Å². The molecule has 2 saturated heterocycles. The summed E-state index contributed by atoms with van der Waals surface area (Å²) >= 11 is 0. The second-order valence-corrected chi connectivity index (χ2v) is 9.64. The van der Waals surface area contributed by atoms with Crippen LogP contribution in [0.1, 0.15) is 36.5 Å². The largest absolute Gasteiger partial charge is 0.355 e. The minimum Gasteiger partial charge on any atom is -0.355 e. The van der Waals surface area contributed by atoms with E-state index in [4.69, 9.17) is 0 Å². The first-order chi connectivity index (χ1) is 17.5. The fourth-order valence-electron chi connectivity index (χ4n) is 5.40. The third-order valence-corrected chi connectivity index (χ3v) is 7.36. The van der Waals surface area contributed by atoms with Crippen molar-refractivity contribution in [3.05, 3.63) is 78.4 Å². The molecule has 1 N–H and O–H groups in total. The minimum absolute atomic E-state index is 0.0110. The molecule has 7 heteroatoms. The van der Waals surface area contributed by atoms with Crippen molar-refractivity contribution in [2.75, 3.05) is 37.7 Å². The first kappa shape index (κ1) is 23.9. The maximum atomic E-state index is 13.8. The number of anilines is 1. The Balaban J connectivity index is 1.35. The SMILES string of the molecule is CCCNC(=O)CN1CN(c2ccccc2)C2(CCN(C(=O)c3ccc4ccccc4c3)CC2)C1=O. The molecule has 0 radical (unpaired) electrons. The molecule has 2 heterocycles. The van der Waals surface area contributed by atoms with Crippen LogP contribution >= 0.6 is 0 Å². The van der Waals surface area contributed by atoms with Crippen LogP contribution in [0.5, 0.6) is 0 Å². The Hall–Kier alpha value is -3.87. The molecular formula is C29H32N4O3. The van der Waals surface area contributed by atoms with Crippen molar-refractivity contribution < 1.29 is 14.4 Å². The van der Waals surface area contributed by atoms with E-state index in [-0.39, 0.29) is 24.3 Å². The zero-order valence-corrected chi connectivity index (χ0v) is 20.7. The summed E-state index contributed by atoms with van der Waals surface area (Å²) in [6.45, 7) is 3.97. The smallest absolute Gasteiger partial charge is 0.253 e. The average molecular weight is 485 g/mol. The second kappa shape index (κ2) is 10.0. The van der Waals surface area contributed by atoms with Crippen molar-refractivity contribution in [3.8, 4) is 0 Å². The molecule has 0 unspecified atom stereocenters. The Bertz CT molecular complexity index is 1270. The molecular weight excluding hydrogens is 452 g/mol. The van der Waals surface area contributed by atoms with Gasteiger partial charge in [0.25, 0.3) is 11.8 Å². The normalized spacial score (nSPS) is 17.1. The lowest BCUT2D eigenvalue weighted by molar-refractivity contribution is -0.137. The van der Waals surface area contributed by atoms with Crippen molar-refractivity contribution in [1.82, 2.24) is 15.1 Å². The van der Waals surface area contributed by atoms with Crippen LogP contribution in [0.2, 0.25) is 0 Å². The zero-order valence-electron chi connectivity index (χ0n) is 20.7. The highest BCUT2D eigenvalue weighted by atomic mass is 16.2. The summed E-state index contributed by atoms with van der Waals surface area (Å²) in [6.07, 6.45) is 1.89. The molecule has 0 aromatic heterocycles. The number of carbonyl (C=O) groups excluding carboxylic acids is 3. The van der Waals surface area contributed by atoms with Crippen molar-refractivity contribution >= 4 is 34.2 Å². The van der Waals surface area contributed by atoms with Gasteiger partial charge in [0.15, 0.2) is 0 Å². The maximum Gasteiger partial charge on any atom is 0.253 e. The van der Waals surface area contributed by atoms with Crippen LogP contribution in [0.15, 0.2) is 72.8 Å². The maximum absolute atomic E-state index is 13.8. The van der Waals surface area contributed by atoms with Crippen LogP contribution < -0.4 is 10.2 Å². The Morgan fingerprint density at radius 2 is 1.61 bits per heavy atom. The van der Waals surface area contributed by atoms with Gasteiger partial charge in [0.2, 0.25) is 5.91 Å². The number of likely N-dealkylation sites (tertiary alicyclic amines) is 1. The fraction of sp³-hybridized carbons (Fsp3) is 0.345. The number of hydrogen-bond acceptors (Lipinski definition) is 4. The third-order valence-electron chi connectivity index (χ3n) is 7.36. The lowest BCUT2D eigenvalue weighted by Crippen LogP contribution is -2.57. The van der Waals surface area contributed by atoms with Crippen molar-refractivity contribution in [1.29, 1.82) is 0 Å². The standard InChI is InChI=1S/C29H32N4O3/c1-2-16-30-26(34)20-32-21-33(25-10-4-3-5-11-25)29(28(32)36)14-17-31(18-15-29)27(35)24-13-12-22-8-6-7-9-23(22)19-24/h3-13,19H,2,14-18,20-21H2,1H3,(H,30,34). The Labute approximate surface area is 211 Å². The highest BCUT2D eigenvalue weighted by Crippen LogP contribution is 2.39. The number of benzene rings is 3. The lowest BCUT2D eigenvalue weighted by atomic mass is 9.85. The van der Waals surface area contributed by atoms with Gasteiger partial charge in [-0.3, -0.25) is 14.4 Å². The summed E-state index contributed by atoms with van der Waals surface area (Å²) < 4.78 is 0. The number of nitrogens with zero attached hydrogens (tertiary/aromatic N) is 3. The van der Waals surface area contributed by atoms with Crippen LogP contribution in [0.25, 0.3) is 10.8 Å². The van der Waals surface area contributed by atoms with Crippen LogP contribution in [-0.2, 0) is 9.59 Å². The molecule has 0 atom stereocenters. The van der Waals surface area contributed by atoms with E-state index in [1.54, 1.807) is 4.90 Å². The molecule has 3 aromatic rings. The predicted octanol–water partition coefficient (Wildman–Crippen LogP) is 3.65. The number of piperidine rings is 1. The summed E-state index contributed by atoms with van der Waals surface area (Å²) in [4.78, 5) is 45.2. The highest BCUT2D eigenvalue weighted by Gasteiger charge is 2.54. The molecule has 3 amide bonds. The number of rotatable bonds is 6. The van der Waals surface area contributed by atoms with Gasteiger partial charge < -0.3 is 20.0 Å². The van der Waals surface area contributed by atoms with E-state index in [0.29, 0.717) is 44.7 Å². The first-order valence-corrected chi connectivity index (χ1v) is 12.7. The molecule has 1 spiro atoms. The molecule has 186 valence electrons. The topological polar surface area (TPSA) is 73.0 Å². The molecule has 0 saturated carbocycles. The monoisotopic (exact) mass is 484 g/mol. The lowest BCUT2D eigenvalue weighted by Gasteiger charge is -2.43. The first-order valence-electron chi connectivity index (χ1n) is 12.7. The van der Waals surface area contributed by atoms with Gasteiger partial charge in [0, 0.05) is 30.9 Å². The molecule has 2 aliphatic rings. The zero-order chi connectivity index (χ0) is 25.1. The van der Waals surface area contributed by atoms with E-state index < -0.39 is 5.54 Å². The Morgan fingerprint density at radius 1 is 0.917 bits per heavy atom. The number of para-hydroxylation sites is 1. The number of hydrogen-bond donors (Lipinski definition) is 1. The number of nitrogens with one attached hydrogen (secondary N) is 1. The molecule has 5 rings (SSSR count). The summed E-state index contributed by atoms with van der Waals surface area (Å²) in [7, 11) is 0. The Kier molecular flexibility index (Phi) is 6.63. The number of amides is 3. The van der Waals surface area contributed by atoms with Crippen LogP contribution in [0.3, 0.4) is 0 Å². The summed E-state index contributed by atoms with van der Waals surface area (Å²) in [5.74, 6) is -0.182. The van der Waals surface area contributed by atoms with E-state index in [1.807, 2.05) is 84.6 Å². The van der Waals surface area contributed by atoms with Gasteiger partial charge in [-0.1, -0.05) is 55.5 Å². The van der Waals surface area contributed by atoms with Gasteiger partial charge in [-0.15, -0.1) is 0 Å². The van der Waals surface area contributed by atoms with E-state index in [0.717, 1.165) is 22.9 Å². The van der Waals surface area contributed by atoms with Gasteiger partial charge in [-0.2, -0.15) is 0 Å². The Morgan fingerprint density at radius 3 is 2.33 bits per heavy atom. The second-order valence-electron chi connectivity index (χ2n) is 9.64. The number of fused-ring (bicyclic) bond motifs is 1. The van der Waals surface area contributed by atoms with Gasteiger partial charge in [0.1, 0.15) is 12.1 Å². The highest BCUT2D eigenvalue weighted by molar-refractivity contribution is 6.00. The predicted molar refractivity (Wildman–Crippen MR) is 141 cm³/mol. The van der Waals surface area contributed by atoms with E-state index >= 15 is 0 Å². The van der Waals surface area contributed by atoms with Gasteiger partial charge in [-0.25, -0.2) is 0 Å². The van der Waals surface area contributed by atoms with Crippen LogP contribution in [-0.4, -0.2) is 65.9 Å². The van der Waals surface area contributed by atoms with Crippen LogP contribution in [0.4, 0.5) is 5.69 Å². The molecule has 0 aliphatic carbocycles. The third kappa shape index (κ3) is 4.41. The van der Waals surface area contributed by atoms with Crippen molar-refractivity contribution in [3.63, 3.8) is 0 Å². The molecule has 3 aromatic carbocycles. The van der Waals surface area contributed by atoms with E-state index in [9.17, 15) is 14.4 Å². The van der Waals surface area contributed by atoms with E-state index in [1.165, 1.54) is 0 Å². The fourth-order valence-corrected chi connectivity index (χ4v) is 5.40. The van der Waals surface area contributed by atoms with Crippen molar-refractivity contribution in [2.24, 2.45) is 0 Å². The quantitative estimate of drug-likeness (QED) is 0.580. The van der Waals surface area contributed by atoms with Crippen molar-refractivity contribution in [2.45, 2.75) is 31.7 Å². The molecule has 2 aliphatic heterocycles. The summed E-state index contributed by atoms with van der Waals surface area (Å²) in [5, 5.41) is 5.01. The summed E-state index contributed by atoms with van der Waals surface area (Å²) in [5.41, 5.74) is 0.861. The molecule has 2 fully saturated rings. The minimum atomic E-state index is -0.757. The van der Waals surface area contributed by atoms with Gasteiger partial charge in [-0.05, 0) is 54.3 Å². The molecule has 36 heavy (non-hydrogen) atoms. The van der Waals surface area contributed by atoms with Gasteiger partial charge >= 0.3 is 0 Å². The molecule has 7 nitrogen and oxygen atoms in total. The van der Waals surface area contributed by atoms with Gasteiger partial charge in [0.05, 0.1) is 6.67 Å². The van der Waals surface area contributed by atoms with Crippen LogP contribution in [0, 0.1) is 0 Å². The number of carbonyl (C=O) groups is 3. The average Bonchev–Trinajstić information content (AvgIpc) is 3.18.